The van der Waals surface area contributed by atoms with E-state index in [1.54, 1.807) is 19.1 Å². The third kappa shape index (κ3) is 4.50. The largest absolute Gasteiger partial charge is 0.481 e. The second-order valence-electron chi connectivity index (χ2n) is 8.26. The van der Waals surface area contributed by atoms with Crippen molar-refractivity contribution in [3.8, 4) is 11.1 Å². The molecule has 0 saturated carbocycles. The van der Waals surface area contributed by atoms with Gasteiger partial charge in [0.2, 0.25) is 5.79 Å². The number of ether oxygens (including phenoxy) is 1. The Hall–Kier alpha value is -3.40. The highest BCUT2D eigenvalue weighted by atomic mass is 19.1. The van der Waals surface area contributed by atoms with Gasteiger partial charge >= 0.3 is 5.97 Å². The van der Waals surface area contributed by atoms with Crippen LogP contribution in [-0.4, -0.2) is 54.2 Å². The molecule has 2 heterocycles. The van der Waals surface area contributed by atoms with Gasteiger partial charge in [0.05, 0.1) is 19.6 Å². The SMILES string of the molecule is C=NC(N)(c1noc(C(C)c2ccc(-c3ccccc3)c(F)c2)c1CC(=O)O)N1CCOCC1. The molecule has 8 nitrogen and oxygen atoms in total. The van der Waals surface area contributed by atoms with Crippen LogP contribution >= 0.6 is 0 Å². The van der Waals surface area contributed by atoms with Crippen LogP contribution in [0.1, 0.15) is 35.4 Å². The highest BCUT2D eigenvalue weighted by molar-refractivity contribution is 5.71. The maximum Gasteiger partial charge on any atom is 0.308 e. The first kappa shape index (κ1) is 23.7. The molecule has 9 heteroatoms. The van der Waals surface area contributed by atoms with Gasteiger partial charge < -0.3 is 14.4 Å². The number of benzene rings is 2. The van der Waals surface area contributed by atoms with Gasteiger partial charge in [0.15, 0.2) is 0 Å². The van der Waals surface area contributed by atoms with Crippen LogP contribution in [-0.2, 0) is 21.7 Å². The second-order valence-corrected chi connectivity index (χ2v) is 8.26. The van der Waals surface area contributed by atoms with E-state index < -0.39 is 17.7 Å². The van der Waals surface area contributed by atoms with E-state index in [1.165, 1.54) is 6.07 Å². The molecule has 0 spiro atoms. The summed E-state index contributed by atoms with van der Waals surface area (Å²) in [5.41, 5.74) is 8.96. The number of hydrogen-bond acceptors (Lipinski definition) is 7. The minimum Gasteiger partial charge on any atom is -0.481 e. The maximum absolute atomic E-state index is 15.0. The lowest BCUT2D eigenvalue weighted by atomic mass is 9.91. The molecule has 1 saturated heterocycles. The number of morpholine rings is 1. The molecule has 1 aliphatic rings. The van der Waals surface area contributed by atoms with Gasteiger partial charge in [-0.2, -0.15) is 0 Å². The molecule has 3 aromatic rings. The smallest absolute Gasteiger partial charge is 0.308 e. The number of aromatic nitrogens is 1. The Labute approximate surface area is 196 Å². The van der Waals surface area contributed by atoms with Crippen molar-refractivity contribution in [1.29, 1.82) is 0 Å². The number of carboxylic acids is 1. The lowest BCUT2D eigenvalue weighted by Crippen LogP contribution is -2.56. The molecule has 34 heavy (non-hydrogen) atoms. The number of rotatable bonds is 8. The van der Waals surface area contributed by atoms with E-state index in [1.807, 2.05) is 35.2 Å². The molecule has 4 rings (SSSR count). The standard InChI is InChI=1S/C25H27FN4O4/c1-16(18-8-9-19(21(26)14-18)17-6-4-3-5-7-17)23-20(15-22(31)32)24(29-34-23)25(27,28-2)30-10-12-33-13-11-30/h3-9,14,16H,2,10-13,15,27H2,1H3,(H,31,32). The summed E-state index contributed by atoms with van der Waals surface area (Å²) in [5, 5.41) is 13.7. The van der Waals surface area contributed by atoms with Crippen molar-refractivity contribution in [3.05, 3.63) is 76.9 Å². The number of carboxylic acid groups (broad SMARTS) is 1. The highest BCUT2D eigenvalue weighted by Gasteiger charge is 2.41. The number of hydrogen-bond donors (Lipinski definition) is 2. The maximum atomic E-state index is 15.0. The predicted molar refractivity (Wildman–Crippen MR) is 125 cm³/mol. The van der Waals surface area contributed by atoms with Crippen molar-refractivity contribution < 1.29 is 23.6 Å². The molecular formula is C25H27FN4O4. The van der Waals surface area contributed by atoms with Crippen LogP contribution in [0.25, 0.3) is 11.1 Å². The van der Waals surface area contributed by atoms with Crippen LogP contribution in [0.2, 0.25) is 0 Å². The van der Waals surface area contributed by atoms with Crippen molar-refractivity contribution in [1.82, 2.24) is 10.1 Å². The highest BCUT2D eigenvalue weighted by Crippen LogP contribution is 2.36. The van der Waals surface area contributed by atoms with Gasteiger partial charge in [-0.05, 0) is 23.9 Å². The van der Waals surface area contributed by atoms with Gasteiger partial charge in [-0.1, -0.05) is 54.5 Å². The van der Waals surface area contributed by atoms with Gasteiger partial charge in [0.25, 0.3) is 0 Å². The number of aliphatic imine (C=N–C) groups is 1. The summed E-state index contributed by atoms with van der Waals surface area (Å²) in [5.74, 6) is -3.11. The zero-order valence-electron chi connectivity index (χ0n) is 18.9. The molecule has 2 aromatic carbocycles. The molecule has 1 aliphatic heterocycles. The van der Waals surface area contributed by atoms with Crippen LogP contribution in [0.15, 0.2) is 58.0 Å². The van der Waals surface area contributed by atoms with Gasteiger partial charge in [0.1, 0.15) is 17.3 Å². The number of nitrogens with zero attached hydrogens (tertiary/aromatic N) is 3. The van der Waals surface area contributed by atoms with E-state index in [4.69, 9.17) is 15.0 Å². The van der Waals surface area contributed by atoms with Crippen LogP contribution in [0, 0.1) is 5.82 Å². The zero-order chi connectivity index (χ0) is 24.3. The van der Waals surface area contributed by atoms with E-state index in [0.717, 1.165) is 5.56 Å². The lowest BCUT2D eigenvalue weighted by molar-refractivity contribution is -0.136. The first-order chi connectivity index (χ1) is 16.3. The number of aliphatic carboxylic acids is 1. The van der Waals surface area contributed by atoms with Gasteiger partial charge in [-0.25, -0.2) is 4.39 Å². The molecule has 2 unspecified atom stereocenters. The number of carbonyl (C=O) groups is 1. The molecule has 1 fully saturated rings. The number of halogens is 1. The Morgan fingerprint density at radius 3 is 2.62 bits per heavy atom. The monoisotopic (exact) mass is 466 g/mol. The topological polar surface area (TPSA) is 114 Å². The molecule has 0 aliphatic carbocycles. The Morgan fingerprint density at radius 2 is 2.00 bits per heavy atom. The molecule has 0 amide bonds. The summed E-state index contributed by atoms with van der Waals surface area (Å²) in [6.07, 6.45) is -0.373. The van der Waals surface area contributed by atoms with Crippen molar-refractivity contribution >= 4 is 12.7 Å². The Balaban J connectivity index is 1.73. The van der Waals surface area contributed by atoms with E-state index in [2.05, 4.69) is 16.9 Å². The molecule has 2 atom stereocenters. The molecule has 0 radical (unpaired) electrons. The second kappa shape index (κ2) is 9.84. The fourth-order valence-electron chi connectivity index (χ4n) is 4.31. The predicted octanol–water partition coefficient (Wildman–Crippen LogP) is 3.36. The third-order valence-corrected chi connectivity index (χ3v) is 6.20. The quantitative estimate of drug-likeness (QED) is 0.489. The number of nitrogens with two attached hydrogens (primary N) is 1. The van der Waals surface area contributed by atoms with Crippen molar-refractivity contribution in [2.45, 2.75) is 25.0 Å². The third-order valence-electron chi connectivity index (χ3n) is 6.20. The Bertz CT molecular complexity index is 1180. The average Bonchev–Trinajstić information content (AvgIpc) is 3.27. The zero-order valence-corrected chi connectivity index (χ0v) is 18.9. The van der Waals surface area contributed by atoms with Crippen LogP contribution < -0.4 is 5.73 Å². The van der Waals surface area contributed by atoms with Gasteiger partial charge in [-0.15, -0.1) is 0 Å². The fourth-order valence-corrected chi connectivity index (χ4v) is 4.31. The normalized spacial score (nSPS) is 17.1. The van der Waals surface area contributed by atoms with Crippen LogP contribution in [0.3, 0.4) is 0 Å². The first-order valence-electron chi connectivity index (χ1n) is 11.0. The summed E-state index contributed by atoms with van der Waals surface area (Å²) in [4.78, 5) is 17.7. The van der Waals surface area contributed by atoms with E-state index in [9.17, 15) is 9.90 Å². The Morgan fingerprint density at radius 1 is 1.29 bits per heavy atom. The van der Waals surface area contributed by atoms with Crippen LogP contribution in [0.5, 0.6) is 0 Å². The Kier molecular flexibility index (Phi) is 6.87. The summed E-state index contributed by atoms with van der Waals surface area (Å²) in [6, 6.07) is 14.2. The fraction of sp³-hybridized carbons (Fsp3) is 0.320. The summed E-state index contributed by atoms with van der Waals surface area (Å²) in [7, 11) is 0. The molecular weight excluding hydrogens is 439 g/mol. The van der Waals surface area contributed by atoms with E-state index >= 15 is 4.39 Å². The summed E-state index contributed by atoms with van der Waals surface area (Å²) >= 11 is 0. The minimum atomic E-state index is -1.47. The molecule has 178 valence electrons. The molecule has 3 N–H and O–H groups in total. The van der Waals surface area contributed by atoms with Crippen LogP contribution in [0.4, 0.5) is 4.39 Å². The molecule has 0 bridgehead atoms. The van der Waals surface area contributed by atoms with E-state index in [-0.39, 0.29) is 17.9 Å². The minimum absolute atomic E-state index is 0.190. The van der Waals surface area contributed by atoms with Crippen molar-refractivity contribution in [3.63, 3.8) is 0 Å². The lowest BCUT2D eigenvalue weighted by Gasteiger charge is -2.38. The summed E-state index contributed by atoms with van der Waals surface area (Å²) < 4.78 is 26.0. The summed E-state index contributed by atoms with van der Waals surface area (Å²) in [6.45, 7) is 7.30. The van der Waals surface area contributed by atoms with Gasteiger partial charge in [-0.3, -0.25) is 20.4 Å². The average molecular weight is 467 g/mol. The molecule has 1 aromatic heterocycles. The van der Waals surface area contributed by atoms with Gasteiger partial charge in [0, 0.05) is 30.1 Å². The first-order valence-corrected chi connectivity index (χ1v) is 11.0. The van der Waals surface area contributed by atoms with E-state index in [0.29, 0.717) is 48.8 Å². The van der Waals surface area contributed by atoms with Crippen molar-refractivity contribution in [2.75, 3.05) is 26.3 Å². The van der Waals surface area contributed by atoms with Crippen molar-refractivity contribution in [2.24, 2.45) is 10.7 Å².